The molecule has 4 heterocycles. The summed E-state index contributed by atoms with van der Waals surface area (Å²) in [6.45, 7) is 4.33. The van der Waals surface area contributed by atoms with Crippen LogP contribution in [0.5, 0.6) is 0 Å². The molecule has 8 rings (SSSR count). The Morgan fingerprint density at radius 3 is 2.40 bits per heavy atom. The molecule has 5 heteroatoms. The number of benzene rings is 4. The van der Waals surface area contributed by atoms with Crippen LogP contribution in [0.1, 0.15) is 18.1 Å². The quantitative estimate of drug-likeness (QED) is 0.228. The van der Waals surface area contributed by atoms with Crippen molar-refractivity contribution in [3.05, 3.63) is 115 Å². The van der Waals surface area contributed by atoms with Gasteiger partial charge in [-0.15, -0.1) is 11.3 Å². The highest BCUT2D eigenvalue weighted by molar-refractivity contribution is 7.26. The number of nitrogens with zero attached hydrogens (tertiary/aromatic N) is 4. The molecule has 4 aromatic heterocycles. The second kappa shape index (κ2) is 8.83. The molecule has 0 saturated heterocycles. The molecule has 0 radical (unpaired) electrons. The van der Waals surface area contributed by atoms with E-state index in [4.69, 9.17) is 9.97 Å². The molecule has 0 aliphatic carbocycles. The van der Waals surface area contributed by atoms with E-state index < -0.39 is 0 Å². The van der Waals surface area contributed by atoms with Crippen molar-refractivity contribution in [3.63, 3.8) is 0 Å². The number of aromatic nitrogens is 4. The summed E-state index contributed by atoms with van der Waals surface area (Å²) in [7, 11) is 0. The number of aryl methyl sites for hydroxylation is 1. The first kappa shape index (κ1) is 23.1. The molecule has 40 heavy (non-hydrogen) atoms. The van der Waals surface area contributed by atoms with Crippen molar-refractivity contribution >= 4 is 70.3 Å². The molecule has 8 aromatic rings. The molecule has 190 valence electrons. The Labute approximate surface area is 234 Å². The predicted molar refractivity (Wildman–Crippen MR) is 169 cm³/mol. The maximum absolute atomic E-state index is 5.29. The van der Waals surface area contributed by atoms with Crippen LogP contribution in [0, 0.1) is 6.92 Å². The first-order chi connectivity index (χ1) is 19.7. The third-order valence-corrected chi connectivity index (χ3v) is 8.98. The first-order valence-corrected chi connectivity index (χ1v) is 14.2. The lowest BCUT2D eigenvalue weighted by molar-refractivity contribution is 1.02. The molecule has 0 fully saturated rings. The average Bonchev–Trinajstić information content (AvgIpc) is 3.56. The number of pyridine rings is 1. The second-order valence-electron chi connectivity index (χ2n) is 10.0. The number of hydrogen-bond acceptors (Lipinski definition) is 4. The van der Waals surface area contributed by atoms with Crippen molar-refractivity contribution in [1.29, 1.82) is 0 Å². The fourth-order valence-electron chi connectivity index (χ4n) is 6.09. The highest BCUT2D eigenvalue weighted by Gasteiger charge is 2.24. The van der Waals surface area contributed by atoms with Crippen LogP contribution in [0.2, 0.25) is 0 Å². The van der Waals surface area contributed by atoms with Gasteiger partial charge in [0.15, 0.2) is 0 Å². The van der Waals surface area contributed by atoms with Crippen molar-refractivity contribution in [2.24, 2.45) is 0 Å². The van der Waals surface area contributed by atoms with Crippen molar-refractivity contribution in [2.45, 2.75) is 13.8 Å². The Morgan fingerprint density at radius 2 is 1.55 bits per heavy atom. The van der Waals surface area contributed by atoms with Gasteiger partial charge in [0.2, 0.25) is 5.95 Å². The highest BCUT2D eigenvalue weighted by Crippen LogP contribution is 2.46. The normalized spacial score (nSPS) is 12.2. The number of allylic oxidation sites excluding steroid dienone is 1. The Morgan fingerprint density at radius 1 is 0.775 bits per heavy atom. The van der Waals surface area contributed by atoms with Crippen LogP contribution >= 0.6 is 11.3 Å². The molecule has 0 unspecified atom stereocenters. The van der Waals surface area contributed by atoms with E-state index in [1.54, 1.807) is 0 Å². The van der Waals surface area contributed by atoms with Gasteiger partial charge in [0.25, 0.3) is 0 Å². The van der Waals surface area contributed by atoms with Gasteiger partial charge in [0.1, 0.15) is 0 Å². The van der Waals surface area contributed by atoms with E-state index in [9.17, 15) is 0 Å². The van der Waals surface area contributed by atoms with Crippen LogP contribution < -0.4 is 0 Å². The van der Waals surface area contributed by atoms with E-state index in [0.717, 1.165) is 38.6 Å². The summed E-state index contributed by atoms with van der Waals surface area (Å²) in [5.74, 6) is 0.665. The molecular weight excluding hydrogens is 508 g/mol. The molecule has 0 aliphatic rings. The molecule has 0 spiro atoms. The number of thiophene rings is 1. The van der Waals surface area contributed by atoms with Crippen molar-refractivity contribution < 1.29 is 0 Å². The zero-order chi connectivity index (χ0) is 26.8. The smallest absolute Gasteiger partial charge is 0.235 e. The molecule has 0 aliphatic heterocycles. The van der Waals surface area contributed by atoms with Crippen molar-refractivity contribution in [1.82, 2.24) is 19.5 Å². The largest absolute Gasteiger partial charge is 0.276 e. The third kappa shape index (κ3) is 3.22. The molecule has 4 nitrogen and oxygen atoms in total. The number of fused-ring (bicyclic) bond motifs is 8. The van der Waals surface area contributed by atoms with Gasteiger partial charge in [-0.2, -0.15) is 0 Å². The van der Waals surface area contributed by atoms with Crippen LogP contribution in [-0.2, 0) is 0 Å². The lowest BCUT2D eigenvalue weighted by atomic mass is 9.96. The summed E-state index contributed by atoms with van der Waals surface area (Å²) in [6.07, 6.45) is 8.21. The average molecular weight is 533 g/mol. The fourth-order valence-corrected chi connectivity index (χ4v) is 7.39. The van der Waals surface area contributed by atoms with Crippen LogP contribution in [0.3, 0.4) is 0 Å². The van der Waals surface area contributed by atoms with Crippen LogP contribution in [0.15, 0.2) is 103 Å². The summed E-state index contributed by atoms with van der Waals surface area (Å²) in [4.78, 5) is 15.0. The van der Waals surface area contributed by atoms with Gasteiger partial charge >= 0.3 is 0 Å². The van der Waals surface area contributed by atoms with E-state index in [1.165, 1.54) is 36.7 Å². The molecule has 0 N–H and O–H groups in total. The SMILES string of the molecule is C/C=C\c1c(C)c2c3ccccc3sc2c2c1c1cnccc1n2-c1nc(-c2ccccc2)c2ccccc2n1. The van der Waals surface area contributed by atoms with Gasteiger partial charge in [0.05, 0.1) is 26.9 Å². The van der Waals surface area contributed by atoms with E-state index in [1.807, 2.05) is 35.9 Å². The molecule has 0 atom stereocenters. The van der Waals surface area contributed by atoms with Crippen molar-refractivity contribution in [3.8, 4) is 17.2 Å². The summed E-state index contributed by atoms with van der Waals surface area (Å²) < 4.78 is 4.78. The van der Waals surface area contributed by atoms with E-state index >= 15 is 0 Å². The minimum Gasteiger partial charge on any atom is -0.276 e. The van der Waals surface area contributed by atoms with Gasteiger partial charge in [-0.05, 0) is 43.2 Å². The summed E-state index contributed by atoms with van der Waals surface area (Å²) in [5.41, 5.74) is 7.60. The second-order valence-corrected chi connectivity index (χ2v) is 11.1. The van der Waals surface area contributed by atoms with Gasteiger partial charge in [-0.25, -0.2) is 9.97 Å². The third-order valence-electron chi connectivity index (χ3n) is 7.80. The van der Waals surface area contributed by atoms with E-state index in [0.29, 0.717) is 5.95 Å². The van der Waals surface area contributed by atoms with Gasteiger partial charge in [-0.3, -0.25) is 9.55 Å². The van der Waals surface area contributed by atoms with Crippen LogP contribution in [0.4, 0.5) is 0 Å². The van der Waals surface area contributed by atoms with E-state index in [2.05, 4.69) is 108 Å². The van der Waals surface area contributed by atoms with Gasteiger partial charge in [-0.1, -0.05) is 78.9 Å². The molecule has 0 saturated carbocycles. The van der Waals surface area contributed by atoms with Crippen LogP contribution in [0.25, 0.3) is 76.2 Å². The highest BCUT2D eigenvalue weighted by atomic mass is 32.1. The Kier molecular flexibility index (Phi) is 5.09. The Bertz CT molecular complexity index is 2290. The van der Waals surface area contributed by atoms with Crippen molar-refractivity contribution in [2.75, 3.05) is 0 Å². The summed E-state index contributed by atoms with van der Waals surface area (Å²) in [5, 5.41) is 5.91. The zero-order valence-corrected chi connectivity index (χ0v) is 22.9. The zero-order valence-electron chi connectivity index (χ0n) is 22.1. The molecule has 0 bridgehead atoms. The monoisotopic (exact) mass is 532 g/mol. The summed E-state index contributed by atoms with van der Waals surface area (Å²) in [6, 6.07) is 29.5. The Balaban J connectivity index is 1.62. The minimum absolute atomic E-state index is 0.665. The number of hydrogen-bond donors (Lipinski definition) is 0. The lowest BCUT2D eigenvalue weighted by Crippen LogP contribution is -2.03. The standard InChI is InChI=1S/C35H24N4S/c1-3-11-23-21(2)30-25-15-8-10-17-29(25)40-34(30)33-31(23)26-20-36-19-18-28(26)39(33)35-37-27-16-9-7-14-24(27)32(38-35)22-12-5-4-6-13-22/h3-20H,1-2H3/b11-3-. The maximum Gasteiger partial charge on any atom is 0.235 e. The van der Waals surface area contributed by atoms with E-state index in [-0.39, 0.29) is 0 Å². The first-order valence-electron chi connectivity index (χ1n) is 13.4. The predicted octanol–water partition coefficient (Wildman–Crippen LogP) is 9.50. The summed E-state index contributed by atoms with van der Waals surface area (Å²) >= 11 is 1.84. The molecular formula is C35H24N4S. The van der Waals surface area contributed by atoms with Gasteiger partial charge in [0, 0.05) is 49.6 Å². The van der Waals surface area contributed by atoms with Crippen LogP contribution in [-0.4, -0.2) is 19.5 Å². The fraction of sp³-hybridized carbons (Fsp3) is 0.0571. The minimum atomic E-state index is 0.665. The topological polar surface area (TPSA) is 43.6 Å². The number of rotatable bonds is 3. The number of para-hydroxylation sites is 1. The molecule has 0 amide bonds. The maximum atomic E-state index is 5.29. The van der Waals surface area contributed by atoms with Gasteiger partial charge < -0.3 is 0 Å². The molecule has 4 aromatic carbocycles. The lowest BCUT2D eigenvalue weighted by Gasteiger charge is -2.13. The Hall–Kier alpha value is -4.87.